The van der Waals surface area contributed by atoms with Gasteiger partial charge in [-0.15, -0.1) is 0 Å². The fourth-order valence-corrected chi connectivity index (χ4v) is 13.3. The second-order valence-corrected chi connectivity index (χ2v) is 25.2. The van der Waals surface area contributed by atoms with E-state index in [1.54, 1.807) is 21.3 Å². The lowest BCUT2D eigenvalue weighted by Gasteiger charge is -2.36. The van der Waals surface area contributed by atoms with Crippen molar-refractivity contribution in [3.63, 3.8) is 0 Å². The van der Waals surface area contributed by atoms with Crippen LogP contribution in [-0.2, 0) is 4.74 Å². The SMILES string of the molecule is COc1cc(=C2C=c3cc(Br)ccc3=N2)[nH]/c1=C\c1[nH]c(C)cc1C.COc1cc(=C2N=c3ccccc3=C2CN2CCN(c3ccccc3)CC2)[nH]/c1=C\c1[nH]c(C)cc1C.COc1cc(=C2N=c3ccccc3=C2CN2CCOCC2)[nH]/c1=C\c1[nH]c(C)cc1C. The molecule has 6 aromatic heterocycles. The molecule has 16 nitrogen and oxygen atoms in total. The zero-order chi connectivity index (χ0) is 64.3. The fraction of sp³-hybridized carbons (Fsp3) is 0.250. The molecule has 0 atom stereocenters. The molecular formula is C76H79BrN12O4. The highest BCUT2D eigenvalue weighted by molar-refractivity contribution is 9.10. The first-order valence-corrected chi connectivity index (χ1v) is 32.5. The monoisotopic (exact) mass is 1300 g/mol. The third-order valence-corrected chi connectivity index (χ3v) is 18.2. The van der Waals surface area contributed by atoms with Gasteiger partial charge in [-0.25, -0.2) is 15.0 Å². The molecular weight excluding hydrogens is 1220 g/mol. The summed E-state index contributed by atoms with van der Waals surface area (Å²) in [7, 11) is 5.11. The minimum Gasteiger partial charge on any atom is -0.494 e. The van der Waals surface area contributed by atoms with Gasteiger partial charge >= 0.3 is 0 Å². The maximum absolute atomic E-state index is 5.76. The van der Waals surface area contributed by atoms with Crippen molar-refractivity contribution in [2.45, 2.75) is 41.5 Å². The van der Waals surface area contributed by atoms with Crippen LogP contribution in [0, 0.1) is 41.5 Å². The van der Waals surface area contributed by atoms with Gasteiger partial charge in [0.05, 0.1) is 99.8 Å². The number of aromatic amines is 6. The number of piperazine rings is 1. The summed E-state index contributed by atoms with van der Waals surface area (Å²) >= 11 is 3.51. The van der Waals surface area contributed by atoms with Gasteiger partial charge in [0.25, 0.3) is 0 Å². The molecule has 10 aromatic rings. The number of para-hydroxylation sites is 3. The molecule has 17 heteroatoms. The summed E-state index contributed by atoms with van der Waals surface area (Å²) in [5, 5.41) is 12.3. The van der Waals surface area contributed by atoms with Crippen molar-refractivity contribution >= 4 is 74.2 Å². The van der Waals surface area contributed by atoms with Crippen LogP contribution >= 0.6 is 15.9 Å². The van der Waals surface area contributed by atoms with Crippen molar-refractivity contribution in [2.24, 2.45) is 15.0 Å². The number of ether oxygens (including phenoxy) is 4. The number of nitrogens with zero attached hydrogens (tertiary/aromatic N) is 6. The van der Waals surface area contributed by atoms with Crippen LogP contribution in [0.3, 0.4) is 0 Å². The van der Waals surface area contributed by atoms with E-state index in [0.717, 1.165) is 192 Å². The molecule has 2 fully saturated rings. The Morgan fingerprint density at radius 2 is 0.903 bits per heavy atom. The first-order chi connectivity index (χ1) is 45.2. The largest absolute Gasteiger partial charge is 0.494 e. The number of H-pyrrole nitrogens is 6. The summed E-state index contributed by atoms with van der Waals surface area (Å²) in [4.78, 5) is 43.1. The lowest BCUT2D eigenvalue weighted by Crippen LogP contribution is -2.47. The van der Waals surface area contributed by atoms with Gasteiger partial charge in [0.1, 0.15) is 17.2 Å². The molecule has 0 bridgehead atoms. The van der Waals surface area contributed by atoms with E-state index < -0.39 is 0 Å². The molecule has 0 unspecified atom stereocenters. The summed E-state index contributed by atoms with van der Waals surface area (Å²) < 4.78 is 23.6. The number of hydrogen-bond acceptors (Lipinski definition) is 10. The topological polar surface area (TPSA) is 178 Å². The van der Waals surface area contributed by atoms with E-state index in [4.69, 9.17) is 33.9 Å². The zero-order valence-electron chi connectivity index (χ0n) is 54.3. The van der Waals surface area contributed by atoms with Gasteiger partial charge in [-0.3, -0.25) is 9.80 Å². The Bertz CT molecular complexity index is 5280. The Balaban J connectivity index is 0.000000129. The Kier molecular flexibility index (Phi) is 18.2. The maximum Gasteiger partial charge on any atom is 0.144 e. The normalized spacial score (nSPS) is 17.6. The van der Waals surface area contributed by atoms with Crippen molar-refractivity contribution in [1.29, 1.82) is 0 Å². The summed E-state index contributed by atoms with van der Waals surface area (Å²) in [6, 6.07) is 46.2. The minimum atomic E-state index is 0.783. The van der Waals surface area contributed by atoms with Gasteiger partial charge in [0.2, 0.25) is 0 Å². The first kappa shape index (κ1) is 62.2. The summed E-state index contributed by atoms with van der Waals surface area (Å²) in [5.41, 5.74) is 17.0. The fourth-order valence-electron chi connectivity index (χ4n) is 13.0. The smallest absolute Gasteiger partial charge is 0.144 e. The molecule has 0 saturated carbocycles. The number of anilines is 1. The second-order valence-electron chi connectivity index (χ2n) is 24.3. The molecule has 5 aliphatic heterocycles. The molecule has 93 heavy (non-hydrogen) atoms. The molecule has 0 aliphatic carbocycles. The predicted molar refractivity (Wildman–Crippen MR) is 375 cm³/mol. The summed E-state index contributed by atoms with van der Waals surface area (Å²) in [5.74, 6) is 2.43. The molecule has 2 saturated heterocycles. The van der Waals surface area contributed by atoms with Gasteiger partial charge in [0, 0.05) is 142 Å². The molecule has 5 aliphatic rings. The average Bonchev–Trinajstić information content (AvgIpc) is 1.67. The Morgan fingerprint density at radius 3 is 1.37 bits per heavy atom. The highest BCUT2D eigenvalue weighted by Gasteiger charge is 2.24. The number of rotatable bonds is 11. The third kappa shape index (κ3) is 13.7. The van der Waals surface area contributed by atoms with Crippen LogP contribution in [0.1, 0.15) is 50.9 Å². The molecule has 6 N–H and O–H groups in total. The van der Waals surface area contributed by atoms with Crippen molar-refractivity contribution < 1.29 is 18.9 Å². The third-order valence-electron chi connectivity index (χ3n) is 17.7. The Hall–Kier alpha value is -9.65. The van der Waals surface area contributed by atoms with Gasteiger partial charge in [0.15, 0.2) is 0 Å². The molecule has 0 radical (unpaired) electrons. The van der Waals surface area contributed by atoms with E-state index in [9.17, 15) is 0 Å². The minimum absolute atomic E-state index is 0.783. The summed E-state index contributed by atoms with van der Waals surface area (Å²) in [6.07, 6.45) is 8.38. The lowest BCUT2D eigenvalue weighted by atomic mass is 10.1. The predicted octanol–water partition coefficient (Wildman–Crippen LogP) is 4.71. The molecule has 11 heterocycles. The lowest BCUT2D eigenvalue weighted by molar-refractivity contribution is 0.0444. The Labute approximate surface area is 547 Å². The quantitative estimate of drug-likeness (QED) is 0.109. The van der Waals surface area contributed by atoms with Crippen LogP contribution in [-0.4, -0.2) is 127 Å². The van der Waals surface area contributed by atoms with Crippen molar-refractivity contribution in [3.05, 3.63) is 253 Å². The zero-order valence-corrected chi connectivity index (χ0v) is 55.9. The van der Waals surface area contributed by atoms with E-state index in [-0.39, 0.29) is 0 Å². The first-order valence-electron chi connectivity index (χ1n) is 31.7. The molecule has 15 rings (SSSR count). The van der Waals surface area contributed by atoms with E-state index >= 15 is 0 Å². The second kappa shape index (κ2) is 27.3. The summed E-state index contributed by atoms with van der Waals surface area (Å²) in [6.45, 7) is 21.8. The Morgan fingerprint density at radius 1 is 0.462 bits per heavy atom. The van der Waals surface area contributed by atoms with E-state index in [1.807, 2.05) is 24.3 Å². The van der Waals surface area contributed by atoms with Crippen LogP contribution in [0.5, 0.6) is 17.2 Å². The number of hydrogen-bond donors (Lipinski definition) is 6. The van der Waals surface area contributed by atoms with Crippen LogP contribution in [0.15, 0.2) is 153 Å². The van der Waals surface area contributed by atoms with Crippen molar-refractivity contribution in [3.8, 4) is 17.2 Å². The van der Waals surface area contributed by atoms with E-state index in [0.29, 0.717) is 0 Å². The van der Waals surface area contributed by atoms with Crippen LogP contribution in [0.25, 0.3) is 52.5 Å². The average molecular weight is 1300 g/mol. The number of nitrogens with one attached hydrogen (secondary N) is 6. The maximum atomic E-state index is 5.76. The van der Waals surface area contributed by atoms with Crippen LogP contribution in [0.4, 0.5) is 5.69 Å². The van der Waals surface area contributed by atoms with Crippen LogP contribution < -0.4 is 82.9 Å². The van der Waals surface area contributed by atoms with E-state index in [2.05, 4.69) is 236 Å². The van der Waals surface area contributed by atoms with Crippen molar-refractivity contribution in [2.75, 3.05) is 91.8 Å². The molecule has 4 aromatic carbocycles. The number of halogens is 1. The van der Waals surface area contributed by atoms with Gasteiger partial charge < -0.3 is 53.8 Å². The number of benzene rings is 4. The van der Waals surface area contributed by atoms with Crippen LogP contribution in [0.2, 0.25) is 0 Å². The number of morpholine rings is 1. The van der Waals surface area contributed by atoms with Crippen molar-refractivity contribution in [1.82, 2.24) is 39.7 Å². The molecule has 474 valence electrons. The highest BCUT2D eigenvalue weighted by atomic mass is 79.9. The standard InChI is InChI=1S/C31H33N5O.C25H28N4O2.C20H18BrN3O/c1-21-17-22(2)32-27(21)18-28-30(37-3)19-29(33-28)31-25(24-11-7-8-12-26(24)34-31)20-35-13-15-36(16-14-35)23-9-5-4-6-10-23;1-16-12-17(2)26-21(16)13-22-24(30-3)14-23(27-22)25-19(15-29-8-10-31-11-9-29)18-6-4-5-7-20(18)28-25;1-11-6-12(2)22-16(11)9-19-20(25-3)10-18(24-19)17-8-13-7-14(21)4-5-15(13)23-17/h4-12,17-19,32-33H,13-16,20H2,1-3H3;4-7,12-14,26-27H,8-11,15H2,1-3H3;4-10,22,24H,1-3H3/b28-18-,31-29?;22-13-,25-23?;18-17?,19-9-. The molecule has 0 amide bonds. The van der Waals surface area contributed by atoms with E-state index in [1.165, 1.54) is 44.0 Å². The number of fused-ring (bicyclic) bond motifs is 3. The molecule has 0 spiro atoms. The number of aromatic nitrogens is 6. The van der Waals surface area contributed by atoms with Gasteiger partial charge in [-0.05, 0) is 143 Å². The number of aryl methyl sites for hydroxylation is 6. The number of methoxy groups -OCH3 is 3. The van der Waals surface area contributed by atoms with Gasteiger partial charge in [-0.2, -0.15) is 0 Å². The van der Waals surface area contributed by atoms with Gasteiger partial charge in [-0.1, -0.05) is 70.5 Å². The highest BCUT2D eigenvalue weighted by Crippen LogP contribution is 2.22.